The van der Waals surface area contributed by atoms with Gasteiger partial charge in [-0.05, 0) is 25.5 Å². The van der Waals surface area contributed by atoms with Crippen molar-refractivity contribution in [2.24, 2.45) is 0 Å². The van der Waals surface area contributed by atoms with Gasteiger partial charge in [-0.1, -0.05) is 13.0 Å². The maximum Gasteiger partial charge on any atom is 0.122 e. The minimum absolute atomic E-state index is 0.178. The molecule has 90 valence electrons. The summed E-state index contributed by atoms with van der Waals surface area (Å²) in [7, 11) is 3.98. The fraction of sp³-hybridized carbons (Fsp3) is 0.538. The summed E-state index contributed by atoms with van der Waals surface area (Å²) in [6.07, 6.45) is 0.111. The van der Waals surface area contributed by atoms with Crippen LogP contribution in [0, 0.1) is 0 Å². The zero-order chi connectivity index (χ0) is 12.1. The van der Waals surface area contributed by atoms with Crippen molar-refractivity contribution < 1.29 is 9.84 Å². The molecule has 0 saturated carbocycles. The van der Waals surface area contributed by atoms with E-state index in [0.29, 0.717) is 6.42 Å². The van der Waals surface area contributed by atoms with Crippen LogP contribution in [0.5, 0.6) is 5.75 Å². The zero-order valence-electron chi connectivity index (χ0n) is 10.5. The first-order valence-corrected chi connectivity index (χ1v) is 5.66. The van der Waals surface area contributed by atoms with E-state index in [0.717, 1.165) is 11.4 Å². The van der Waals surface area contributed by atoms with Gasteiger partial charge in [0.25, 0.3) is 0 Å². The van der Waals surface area contributed by atoms with E-state index >= 15 is 0 Å². The number of rotatable bonds is 5. The molecule has 2 atom stereocenters. The fourth-order valence-electron chi connectivity index (χ4n) is 1.46. The number of aliphatic hydroxyl groups is 1. The van der Waals surface area contributed by atoms with E-state index in [4.69, 9.17) is 4.74 Å². The van der Waals surface area contributed by atoms with Crippen LogP contribution in [0.2, 0.25) is 0 Å². The van der Waals surface area contributed by atoms with E-state index in [9.17, 15) is 5.11 Å². The molecular formula is C13H21NO2. The molecule has 16 heavy (non-hydrogen) atoms. The number of hydrogen-bond donors (Lipinski definition) is 1. The standard InChI is InChI=1S/C13H21NO2/c1-5-13(15)10(2)16-12-8-6-7-11(9-12)14(3)4/h6-10,13,15H,5H2,1-4H3. The van der Waals surface area contributed by atoms with Crippen LogP contribution in [-0.2, 0) is 0 Å². The highest BCUT2D eigenvalue weighted by Crippen LogP contribution is 2.21. The summed E-state index contributed by atoms with van der Waals surface area (Å²) in [6.45, 7) is 3.83. The second kappa shape index (κ2) is 5.75. The summed E-state index contributed by atoms with van der Waals surface area (Å²) in [4.78, 5) is 2.02. The van der Waals surface area contributed by atoms with Crippen LogP contribution in [0.3, 0.4) is 0 Å². The Balaban J connectivity index is 2.70. The smallest absolute Gasteiger partial charge is 0.122 e. The molecule has 1 aromatic rings. The summed E-state index contributed by atoms with van der Waals surface area (Å²) in [5, 5.41) is 9.63. The molecule has 3 nitrogen and oxygen atoms in total. The van der Waals surface area contributed by atoms with E-state index in [1.54, 1.807) is 0 Å². The molecule has 0 aliphatic carbocycles. The number of nitrogens with zero attached hydrogens (tertiary/aromatic N) is 1. The lowest BCUT2D eigenvalue weighted by molar-refractivity contribution is 0.0451. The lowest BCUT2D eigenvalue weighted by Gasteiger charge is -2.20. The summed E-state index contributed by atoms with van der Waals surface area (Å²) in [6, 6.07) is 7.86. The van der Waals surface area contributed by atoms with Gasteiger partial charge in [-0.15, -0.1) is 0 Å². The highest BCUT2D eigenvalue weighted by molar-refractivity contribution is 5.49. The van der Waals surface area contributed by atoms with Crippen LogP contribution in [0.15, 0.2) is 24.3 Å². The van der Waals surface area contributed by atoms with E-state index in [2.05, 4.69) is 0 Å². The van der Waals surface area contributed by atoms with Crippen LogP contribution in [-0.4, -0.2) is 31.4 Å². The number of hydrogen-bond acceptors (Lipinski definition) is 3. The number of benzene rings is 1. The van der Waals surface area contributed by atoms with Crippen molar-refractivity contribution in [1.82, 2.24) is 0 Å². The molecular weight excluding hydrogens is 202 g/mol. The van der Waals surface area contributed by atoms with Crippen molar-refractivity contribution in [3.05, 3.63) is 24.3 Å². The van der Waals surface area contributed by atoms with Crippen molar-refractivity contribution in [1.29, 1.82) is 0 Å². The van der Waals surface area contributed by atoms with E-state index in [1.807, 2.05) is 57.1 Å². The minimum Gasteiger partial charge on any atom is -0.488 e. The lowest BCUT2D eigenvalue weighted by Crippen LogP contribution is -2.27. The molecule has 0 amide bonds. The molecule has 1 aromatic carbocycles. The Hall–Kier alpha value is -1.22. The van der Waals surface area contributed by atoms with Gasteiger partial charge in [0.05, 0.1) is 6.10 Å². The van der Waals surface area contributed by atoms with Crippen LogP contribution in [0.25, 0.3) is 0 Å². The Morgan fingerprint density at radius 1 is 1.38 bits per heavy atom. The Morgan fingerprint density at radius 3 is 2.62 bits per heavy atom. The van der Waals surface area contributed by atoms with Gasteiger partial charge in [-0.3, -0.25) is 0 Å². The average Bonchev–Trinajstić information content (AvgIpc) is 2.28. The Bertz CT molecular complexity index is 325. The second-order valence-corrected chi connectivity index (χ2v) is 4.19. The highest BCUT2D eigenvalue weighted by Gasteiger charge is 2.13. The Morgan fingerprint density at radius 2 is 2.06 bits per heavy atom. The van der Waals surface area contributed by atoms with Gasteiger partial charge >= 0.3 is 0 Å². The Labute approximate surface area is 97.7 Å². The predicted octanol–water partition coefficient (Wildman–Crippen LogP) is 2.29. The third-order valence-corrected chi connectivity index (χ3v) is 2.62. The molecule has 2 unspecified atom stereocenters. The van der Waals surface area contributed by atoms with Crippen molar-refractivity contribution >= 4 is 5.69 Å². The van der Waals surface area contributed by atoms with Crippen LogP contribution >= 0.6 is 0 Å². The molecule has 0 aromatic heterocycles. The summed E-state index contributed by atoms with van der Waals surface area (Å²) in [5.74, 6) is 0.797. The molecule has 3 heteroatoms. The fourth-order valence-corrected chi connectivity index (χ4v) is 1.46. The van der Waals surface area contributed by atoms with Crippen LogP contribution in [0.1, 0.15) is 20.3 Å². The molecule has 0 spiro atoms. The van der Waals surface area contributed by atoms with E-state index < -0.39 is 6.10 Å². The van der Waals surface area contributed by atoms with Crippen LogP contribution in [0.4, 0.5) is 5.69 Å². The minimum atomic E-state index is -0.414. The quantitative estimate of drug-likeness (QED) is 0.831. The maximum atomic E-state index is 9.63. The molecule has 0 aliphatic heterocycles. The first-order valence-electron chi connectivity index (χ1n) is 5.66. The number of ether oxygens (including phenoxy) is 1. The van der Waals surface area contributed by atoms with Crippen LogP contribution < -0.4 is 9.64 Å². The topological polar surface area (TPSA) is 32.7 Å². The zero-order valence-corrected chi connectivity index (χ0v) is 10.5. The SMILES string of the molecule is CCC(O)C(C)Oc1cccc(N(C)C)c1. The molecule has 0 heterocycles. The largest absolute Gasteiger partial charge is 0.488 e. The summed E-state index contributed by atoms with van der Waals surface area (Å²) >= 11 is 0. The average molecular weight is 223 g/mol. The first kappa shape index (κ1) is 12.8. The lowest BCUT2D eigenvalue weighted by atomic mass is 10.2. The first-order chi connectivity index (χ1) is 7.54. The molecule has 0 bridgehead atoms. The van der Waals surface area contributed by atoms with Crippen molar-refractivity contribution in [3.8, 4) is 5.75 Å². The van der Waals surface area contributed by atoms with Gasteiger partial charge in [-0.2, -0.15) is 0 Å². The maximum absolute atomic E-state index is 9.63. The monoisotopic (exact) mass is 223 g/mol. The normalized spacial score (nSPS) is 14.3. The van der Waals surface area contributed by atoms with Gasteiger partial charge in [0.2, 0.25) is 0 Å². The summed E-state index contributed by atoms with van der Waals surface area (Å²) < 4.78 is 5.68. The predicted molar refractivity (Wildman–Crippen MR) is 67.2 cm³/mol. The van der Waals surface area contributed by atoms with Gasteiger partial charge in [-0.25, -0.2) is 0 Å². The molecule has 0 aliphatic rings. The van der Waals surface area contributed by atoms with Crippen molar-refractivity contribution in [2.75, 3.05) is 19.0 Å². The third-order valence-electron chi connectivity index (χ3n) is 2.62. The highest BCUT2D eigenvalue weighted by atomic mass is 16.5. The summed E-state index contributed by atoms with van der Waals surface area (Å²) in [5.41, 5.74) is 1.09. The third kappa shape index (κ3) is 3.42. The molecule has 1 rings (SSSR count). The van der Waals surface area contributed by atoms with E-state index in [1.165, 1.54) is 0 Å². The van der Waals surface area contributed by atoms with Gasteiger partial charge in [0, 0.05) is 25.8 Å². The second-order valence-electron chi connectivity index (χ2n) is 4.19. The van der Waals surface area contributed by atoms with Crippen molar-refractivity contribution in [3.63, 3.8) is 0 Å². The number of aliphatic hydroxyl groups excluding tert-OH is 1. The van der Waals surface area contributed by atoms with Gasteiger partial charge in [0.1, 0.15) is 11.9 Å². The molecule has 0 radical (unpaired) electrons. The Kier molecular flexibility index (Phi) is 4.62. The van der Waals surface area contributed by atoms with Gasteiger partial charge < -0.3 is 14.7 Å². The molecule has 1 N–H and O–H groups in total. The van der Waals surface area contributed by atoms with E-state index in [-0.39, 0.29) is 6.10 Å². The molecule has 0 fully saturated rings. The van der Waals surface area contributed by atoms with Crippen molar-refractivity contribution in [2.45, 2.75) is 32.5 Å². The number of anilines is 1. The molecule has 0 saturated heterocycles. The van der Waals surface area contributed by atoms with Gasteiger partial charge in [0.15, 0.2) is 0 Å².